The Hall–Kier alpha value is -0.860. The van der Waals surface area contributed by atoms with Crippen LogP contribution in [0.3, 0.4) is 0 Å². The highest BCUT2D eigenvalue weighted by Gasteiger charge is 2.17. The number of hydrogen-bond donors (Lipinski definition) is 2. The van der Waals surface area contributed by atoms with Gasteiger partial charge in [-0.25, -0.2) is 0 Å². The monoisotopic (exact) mass is 274 g/mol. The maximum atomic E-state index is 3.68. The summed E-state index contributed by atoms with van der Waals surface area (Å²) in [6.45, 7) is 7.89. The summed E-state index contributed by atoms with van der Waals surface area (Å²) in [7, 11) is 0. The van der Waals surface area contributed by atoms with Crippen LogP contribution in [0.15, 0.2) is 24.3 Å². The second-order valence-corrected chi connectivity index (χ2v) is 6.13. The van der Waals surface area contributed by atoms with Crippen LogP contribution in [-0.2, 0) is 13.0 Å². The van der Waals surface area contributed by atoms with E-state index >= 15 is 0 Å². The number of rotatable bonds is 8. The highest BCUT2D eigenvalue weighted by molar-refractivity contribution is 5.29. The van der Waals surface area contributed by atoms with Gasteiger partial charge in [0.15, 0.2) is 0 Å². The first-order chi connectivity index (χ1) is 9.83. The predicted octanol–water partition coefficient (Wildman–Crippen LogP) is 3.51. The van der Waals surface area contributed by atoms with E-state index in [1.54, 1.807) is 0 Å². The van der Waals surface area contributed by atoms with Crippen LogP contribution in [-0.4, -0.2) is 19.1 Å². The summed E-state index contributed by atoms with van der Waals surface area (Å²) in [5.41, 5.74) is 2.99. The van der Waals surface area contributed by atoms with Gasteiger partial charge in [-0.2, -0.15) is 0 Å². The fourth-order valence-corrected chi connectivity index (χ4v) is 3.07. The van der Waals surface area contributed by atoms with Crippen molar-refractivity contribution in [1.82, 2.24) is 10.6 Å². The molecule has 1 aromatic carbocycles. The Morgan fingerprint density at radius 1 is 1.25 bits per heavy atom. The molecule has 2 atom stereocenters. The molecule has 0 amide bonds. The van der Waals surface area contributed by atoms with Crippen molar-refractivity contribution in [2.75, 3.05) is 13.1 Å². The minimum Gasteiger partial charge on any atom is -0.315 e. The number of fused-ring (bicyclic) bond motifs is 1. The molecular formula is C18H30N2. The van der Waals surface area contributed by atoms with Gasteiger partial charge in [0.05, 0.1) is 0 Å². The lowest BCUT2D eigenvalue weighted by Crippen LogP contribution is -2.43. The molecular weight excluding hydrogens is 244 g/mol. The Balaban J connectivity index is 1.70. The van der Waals surface area contributed by atoms with Crippen molar-refractivity contribution in [2.24, 2.45) is 5.92 Å². The van der Waals surface area contributed by atoms with E-state index in [0.717, 1.165) is 25.4 Å². The van der Waals surface area contributed by atoms with Crippen molar-refractivity contribution in [3.05, 3.63) is 35.4 Å². The second kappa shape index (κ2) is 8.43. The summed E-state index contributed by atoms with van der Waals surface area (Å²) in [6, 6.07) is 9.41. The van der Waals surface area contributed by atoms with E-state index in [1.165, 1.54) is 43.4 Å². The van der Waals surface area contributed by atoms with E-state index in [4.69, 9.17) is 0 Å². The van der Waals surface area contributed by atoms with Crippen molar-refractivity contribution >= 4 is 0 Å². The third kappa shape index (κ3) is 4.60. The van der Waals surface area contributed by atoms with Crippen LogP contribution in [0, 0.1) is 5.92 Å². The molecule has 1 aliphatic rings. The first-order valence-electron chi connectivity index (χ1n) is 8.34. The van der Waals surface area contributed by atoms with Gasteiger partial charge in [-0.15, -0.1) is 0 Å². The Morgan fingerprint density at radius 2 is 2.05 bits per heavy atom. The van der Waals surface area contributed by atoms with Gasteiger partial charge in [-0.3, -0.25) is 0 Å². The highest BCUT2D eigenvalue weighted by atomic mass is 15.0. The summed E-state index contributed by atoms with van der Waals surface area (Å²) in [4.78, 5) is 0. The van der Waals surface area contributed by atoms with Crippen LogP contribution in [0.1, 0.15) is 50.7 Å². The zero-order valence-corrected chi connectivity index (χ0v) is 13.1. The van der Waals surface area contributed by atoms with Crippen molar-refractivity contribution in [3.63, 3.8) is 0 Å². The average Bonchev–Trinajstić information content (AvgIpc) is 2.50. The smallest absolute Gasteiger partial charge is 0.0236 e. The number of benzene rings is 1. The molecule has 0 bridgehead atoms. The molecule has 1 aliphatic heterocycles. The summed E-state index contributed by atoms with van der Waals surface area (Å²) < 4.78 is 0. The van der Waals surface area contributed by atoms with E-state index in [9.17, 15) is 0 Å². The fourth-order valence-electron chi connectivity index (χ4n) is 3.07. The van der Waals surface area contributed by atoms with Crippen LogP contribution in [0.5, 0.6) is 0 Å². The molecule has 1 heterocycles. The zero-order valence-electron chi connectivity index (χ0n) is 13.1. The molecule has 2 rings (SSSR count). The number of hydrogen-bond acceptors (Lipinski definition) is 2. The van der Waals surface area contributed by atoms with Crippen LogP contribution in [0.2, 0.25) is 0 Å². The van der Waals surface area contributed by atoms with Crippen molar-refractivity contribution in [3.8, 4) is 0 Å². The summed E-state index contributed by atoms with van der Waals surface area (Å²) in [5.74, 6) is 0.853. The molecule has 1 aromatic rings. The summed E-state index contributed by atoms with van der Waals surface area (Å²) in [5, 5.41) is 7.33. The van der Waals surface area contributed by atoms with Crippen molar-refractivity contribution in [2.45, 2.75) is 58.5 Å². The molecule has 2 heteroatoms. The quantitative estimate of drug-likeness (QED) is 0.758. The first kappa shape index (κ1) is 15.5. The van der Waals surface area contributed by atoms with Gasteiger partial charge >= 0.3 is 0 Å². The molecule has 20 heavy (non-hydrogen) atoms. The normalized spacial score (nSPS) is 19.6. The van der Waals surface area contributed by atoms with Crippen LogP contribution in [0.25, 0.3) is 0 Å². The summed E-state index contributed by atoms with van der Waals surface area (Å²) >= 11 is 0. The molecule has 112 valence electrons. The third-order valence-electron chi connectivity index (χ3n) is 4.53. The van der Waals surface area contributed by atoms with E-state index in [1.807, 2.05) is 0 Å². The largest absolute Gasteiger partial charge is 0.315 e. The zero-order chi connectivity index (χ0) is 14.2. The lowest BCUT2D eigenvalue weighted by Gasteiger charge is -2.27. The molecule has 0 saturated heterocycles. The number of nitrogens with one attached hydrogen (secondary N) is 2. The van der Waals surface area contributed by atoms with Crippen LogP contribution < -0.4 is 10.6 Å². The van der Waals surface area contributed by atoms with Crippen molar-refractivity contribution in [1.29, 1.82) is 0 Å². The fraction of sp³-hybridized carbons (Fsp3) is 0.667. The van der Waals surface area contributed by atoms with Gasteiger partial charge in [0, 0.05) is 19.1 Å². The average molecular weight is 274 g/mol. The van der Waals surface area contributed by atoms with E-state index in [0.29, 0.717) is 6.04 Å². The van der Waals surface area contributed by atoms with E-state index < -0.39 is 0 Å². The van der Waals surface area contributed by atoms with Crippen LogP contribution in [0.4, 0.5) is 0 Å². The lowest BCUT2D eigenvalue weighted by atomic mass is 9.95. The lowest BCUT2D eigenvalue weighted by molar-refractivity contribution is 0.387. The molecule has 0 spiro atoms. The first-order valence-corrected chi connectivity index (χ1v) is 8.34. The Kier molecular flexibility index (Phi) is 6.55. The van der Waals surface area contributed by atoms with Crippen LogP contribution >= 0.6 is 0 Å². The van der Waals surface area contributed by atoms with Crippen molar-refractivity contribution < 1.29 is 0 Å². The SMILES string of the molecule is CCCCC(CC)CNCC1Cc2ccccc2CN1. The Labute approximate surface area is 124 Å². The van der Waals surface area contributed by atoms with E-state index in [2.05, 4.69) is 48.7 Å². The van der Waals surface area contributed by atoms with Gasteiger partial charge in [0.25, 0.3) is 0 Å². The number of unbranched alkanes of at least 4 members (excludes halogenated alkanes) is 1. The van der Waals surface area contributed by atoms with Gasteiger partial charge in [-0.05, 0) is 36.4 Å². The Morgan fingerprint density at radius 3 is 2.80 bits per heavy atom. The molecule has 0 radical (unpaired) electrons. The standard InChI is InChI=1S/C18H30N2/c1-3-5-8-15(4-2)12-19-14-18-11-16-9-6-7-10-17(16)13-20-18/h6-7,9-10,15,18-20H,3-5,8,11-14H2,1-2H3. The van der Waals surface area contributed by atoms with Gasteiger partial charge in [-0.1, -0.05) is 57.4 Å². The topological polar surface area (TPSA) is 24.1 Å². The molecule has 0 aliphatic carbocycles. The third-order valence-corrected chi connectivity index (χ3v) is 4.53. The molecule has 2 unspecified atom stereocenters. The molecule has 2 nitrogen and oxygen atoms in total. The second-order valence-electron chi connectivity index (χ2n) is 6.13. The van der Waals surface area contributed by atoms with Gasteiger partial charge < -0.3 is 10.6 Å². The van der Waals surface area contributed by atoms with Gasteiger partial charge in [0.1, 0.15) is 0 Å². The Bertz CT molecular complexity index is 389. The minimum atomic E-state index is 0.591. The minimum absolute atomic E-state index is 0.591. The molecule has 0 fully saturated rings. The summed E-state index contributed by atoms with van der Waals surface area (Å²) in [6.07, 6.45) is 6.52. The maximum Gasteiger partial charge on any atom is 0.0236 e. The molecule has 0 saturated carbocycles. The molecule has 2 N–H and O–H groups in total. The van der Waals surface area contributed by atoms with E-state index in [-0.39, 0.29) is 0 Å². The highest BCUT2D eigenvalue weighted by Crippen LogP contribution is 2.16. The van der Waals surface area contributed by atoms with Gasteiger partial charge in [0.2, 0.25) is 0 Å². The molecule has 0 aromatic heterocycles. The maximum absolute atomic E-state index is 3.68. The predicted molar refractivity (Wildman–Crippen MR) is 86.9 cm³/mol.